The lowest BCUT2D eigenvalue weighted by Crippen LogP contribution is -2.52. The van der Waals surface area contributed by atoms with Crippen molar-refractivity contribution in [2.75, 3.05) is 6.54 Å². The molecule has 1 saturated carbocycles. The number of rotatable bonds is 3. The maximum absolute atomic E-state index is 6.29. The highest BCUT2D eigenvalue weighted by Crippen LogP contribution is 2.51. The largest absolute Gasteiger partial charge is 0.487 e. The van der Waals surface area contributed by atoms with Crippen molar-refractivity contribution >= 4 is 11.6 Å². The van der Waals surface area contributed by atoms with Crippen LogP contribution in [0.4, 0.5) is 0 Å². The van der Waals surface area contributed by atoms with Gasteiger partial charge in [0.25, 0.3) is 0 Å². The fourth-order valence-electron chi connectivity index (χ4n) is 3.60. The highest BCUT2D eigenvalue weighted by molar-refractivity contribution is 6.30. The van der Waals surface area contributed by atoms with Crippen LogP contribution in [0, 0.1) is 5.92 Å². The molecule has 1 aromatic carbocycles. The van der Waals surface area contributed by atoms with Crippen LogP contribution in [0.25, 0.3) is 0 Å². The van der Waals surface area contributed by atoms with E-state index in [4.69, 9.17) is 16.3 Å². The Labute approximate surface area is 120 Å². The zero-order chi connectivity index (χ0) is 13.5. The molecule has 3 rings (SSSR count). The molecule has 0 saturated heterocycles. The Morgan fingerprint density at radius 1 is 1.37 bits per heavy atom. The molecule has 1 spiro atoms. The summed E-state index contributed by atoms with van der Waals surface area (Å²) in [6.45, 7) is 5.55. The fraction of sp³-hybridized carbons (Fsp3) is 0.625. The average Bonchev–Trinajstić information content (AvgIpc) is 2.35. The van der Waals surface area contributed by atoms with Crippen LogP contribution in [-0.4, -0.2) is 12.1 Å². The summed E-state index contributed by atoms with van der Waals surface area (Å²) in [6.07, 6.45) is 4.58. The van der Waals surface area contributed by atoms with Crippen LogP contribution in [0.2, 0.25) is 5.02 Å². The van der Waals surface area contributed by atoms with Crippen LogP contribution >= 0.6 is 11.6 Å². The Bertz CT molecular complexity index is 468. The van der Waals surface area contributed by atoms with Gasteiger partial charge in [-0.3, -0.25) is 0 Å². The van der Waals surface area contributed by atoms with E-state index in [-0.39, 0.29) is 5.60 Å². The van der Waals surface area contributed by atoms with Crippen molar-refractivity contribution in [3.8, 4) is 5.75 Å². The number of ether oxygens (including phenoxy) is 1. The van der Waals surface area contributed by atoms with Crippen molar-refractivity contribution in [3.63, 3.8) is 0 Å². The minimum absolute atomic E-state index is 0.0751. The van der Waals surface area contributed by atoms with E-state index >= 15 is 0 Å². The quantitative estimate of drug-likeness (QED) is 0.889. The zero-order valence-electron chi connectivity index (χ0n) is 11.7. The standard InChI is InChI=1S/C16H22ClNO/c1-3-6-18-14-10-16(8-11(2)9-16)19-15-5-4-12(17)7-13(14)15/h4-5,7,11,14,18H,3,6,8-10H2,1-2H3. The number of hydrogen-bond acceptors (Lipinski definition) is 2. The molecule has 1 unspecified atom stereocenters. The molecule has 1 fully saturated rings. The third-order valence-corrected chi connectivity index (χ3v) is 4.57. The molecule has 2 aliphatic rings. The molecule has 1 atom stereocenters. The first-order valence-electron chi connectivity index (χ1n) is 7.34. The second kappa shape index (κ2) is 4.99. The van der Waals surface area contributed by atoms with E-state index in [9.17, 15) is 0 Å². The van der Waals surface area contributed by atoms with Gasteiger partial charge >= 0.3 is 0 Å². The summed E-state index contributed by atoms with van der Waals surface area (Å²) in [5.74, 6) is 1.82. The molecule has 0 aromatic heterocycles. The third-order valence-electron chi connectivity index (χ3n) is 4.33. The van der Waals surface area contributed by atoms with Gasteiger partial charge in [0.1, 0.15) is 11.4 Å². The second-order valence-corrected chi connectivity index (χ2v) is 6.63. The first-order chi connectivity index (χ1) is 9.12. The van der Waals surface area contributed by atoms with E-state index in [1.807, 2.05) is 12.1 Å². The molecular formula is C16H22ClNO. The summed E-state index contributed by atoms with van der Waals surface area (Å²) in [5.41, 5.74) is 1.30. The molecule has 1 aliphatic carbocycles. The summed E-state index contributed by atoms with van der Waals surface area (Å²) in [6, 6.07) is 6.40. The van der Waals surface area contributed by atoms with E-state index < -0.39 is 0 Å². The van der Waals surface area contributed by atoms with E-state index in [2.05, 4.69) is 25.2 Å². The van der Waals surface area contributed by atoms with Crippen LogP contribution < -0.4 is 10.1 Å². The molecule has 1 heterocycles. The number of fused-ring (bicyclic) bond motifs is 1. The average molecular weight is 280 g/mol. The minimum atomic E-state index is 0.0751. The fourth-order valence-corrected chi connectivity index (χ4v) is 3.78. The Kier molecular flexibility index (Phi) is 3.48. The highest BCUT2D eigenvalue weighted by atomic mass is 35.5. The van der Waals surface area contributed by atoms with Gasteiger partial charge in [-0.15, -0.1) is 0 Å². The summed E-state index contributed by atoms with van der Waals surface area (Å²) >= 11 is 6.13. The molecule has 1 N–H and O–H groups in total. The number of nitrogens with one attached hydrogen (secondary N) is 1. The lowest BCUT2D eigenvalue weighted by atomic mass is 9.67. The van der Waals surface area contributed by atoms with Crippen molar-refractivity contribution in [2.45, 2.75) is 51.2 Å². The van der Waals surface area contributed by atoms with Crippen molar-refractivity contribution in [1.82, 2.24) is 5.32 Å². The van der Waals surface area contributed by atoms with E-state index in [0.29, 0.717) is 6.04 Å². The molecular weight excluding hydrogens is 258 g/mol. The first kappa shape index (κ1) is 13.3. The lowest BCUT2D eigenvalue weighted by molar-refractivity contribution is -0.0689. The molecule has 0 amide bonds. The highest BCUT2D eigenvalue weighted by Gasteiger charge is 2.48. The molecule has 19 heavy (non-hydrogen) atoms. The Morgan fingerprint density at radius 2 is 2.16 bits per heavy atom. The SMILES string of the molecule is CCCNC1CC2(CC(C)C2)Oc2ccc(Cl)cc21. The summed E-state index contributed by atoms with van der Waals surface area (Å²) in [4.78, 5) is 0. The predicted molar refractivity (Wildman–Crippen MR) is 78.9 cm³/mol. The Balaban J connectivity index is 1.88. The van der Waals surface area contributed by atoms with Crippen molar-refractivity contribution in [3.05, 3.63) is 28.8 Å². The lowest BCUT2D eigenvalue weighted by Gasteiger charge is -2.51. The predicted octanol–water partition coefficient (Wildman–Crippen LogP) is 4.33. The first-order valence-corrected chi connectivity index (χ1v) is 7.71. The van der Waals surface area contributed by atoms with E-state index in [1.165, 1.54) is 18.4 Å². The molecule has 0 bridgehead atoms. The van der Waals surface area contributed by atoms with E-state index in [1.54, 1.807) is 0 Å². The smallest absolute Gasteiger partial charge is 0.125 e. The van der Waals surface area contributed by atoms with Crippen LogP contribution in [0.15, 0.2) is 18.2 Å². The van der Waals surface area contributed by atoms with Crippen LogP contribution in [-0.2, 0) is 0 Å². The topological polar surface area (TPSA) is 21.3 Å². The third kappa shape index (κ3) is 2.48. The normalized spacial score (nSPS) is 32.6. The van der Waals surface area contributed by atoms with Gasteiger partial charge in [0.05, 0.1) is 0 Å². The van der Waals surface area contributed by atoms with Crippen molar-refractivity contribution in [2.24, 2.45) is 5.92 Å². The van der Waals surface area contributed by atoms with Gasteiger partial charge in [-0.25, -0.2) is 0 Å². The van der Waals surface area contributed by atoms with Gasteiger partial charge < -0.3 is 10.1 Å². The van der Waals surface area contributed by atoms with Gasteiger partial charge in [0.2, 0.25) is 0 Å². The Morgan fingerprint density at radius 3 is 2.84 bits per heavy atom. The van der Waals surface area contributed by atoms with Crippen LogP contribution in [0.3, 0.4) is 0 Å². The van der Waals surface area contributed by atoms with Gasteiger partial charge in [-0.2, -0.15) is 0 Å². The molecule has 2 nitrogen and oxygen atoms in total. The molecule has 1 aromatic rings. The second-order valence-electron chi connectivity index (χ2n) is 6.19. The summed E-state index contributed by atoms with van der Waals surface area (Å²) in [7, 11) is 0. The molecule has 1 aliphatic heterocycles. The van der Waals surface area contributed by atoms with Gasteiger partial charge in [0.15, 0.2) is 0 Å². The molecule has 104 valence electrons. The number of halogens is 1. The van der Waals surface area contributed by atoms with Gasteiger partial charge in [-0.1, -0.05) is 25.4 Å². The number of benzene rings is 1. The van der Waals surface area contributed by atoms with E-state index in [0.717, 1.165) is 36.1 Å². The Hall–Kier alpha value is -0.730. The monoisotopic (exact) mass is 279 g/mol. The maximum Gasteiger partial charge on any atom is 0.125 e. The van der Waals surface area contributed by atoms with Crippen molar-refractivity contribution < 1.29 is 4.74 Å². The van der Waals surface area contributed by atoms with Gasteiger partial charge in [-0.05, 0) is 49.9 Å². The van der Waals surface area contributed by atoms with Crippen LogP contribution in [0.1, 0.15) is 51.1 Å². The molecule has 3 heteroatoms. The van der Waals surface area contributed by atoms with Gasteiger partial charge in [0, 0.05) is 23.0 Å². The maximum atomic E-state index is 6.29. The zero-order valence-corrected chi connectivity index (χ0v) is 12.5. The number of hydrogen-bond donors (Lipinski definition) is 1. The van der Waals surface area contributed by atoms with Crippen molar-refractivity contribution in [1.29, 1.82) is 0 Å². The molecule has 0 radical (unpaired) electrons. The summed E-state index contributed by atoms with van der Waals surface area (Å²) < 4.78 is 6.29. The minimum Gasteiger partial charge on any atom is -0.487 e. The summed E-state index contributed by atoms with van der Waals surface area (Å²) in [5, 5.41) is 4.45. The van der Waals surface area contributed by atoms with Crippen LogP contribution in [0.5, 0.6) is 5.75 Å².